The minimum atomic E-state index is -4.62. The van der Waals surface area contributed by atoms with E-state index in [0.717, 1.165) is 31.6 Å². The summed E-state index contributed by atoms with van der Waals surface area (Å²) < 4.78 is 47.6. The first-order valence-corrected chi connectivity index (χ1v) is 8.47. The van der Waals surface area contributed by atoms with E-state index in [4.69, 9.17) is 0 Å². The van der Waals surface area contributed by atoms with Gasteiger partial charge >= 0.3 is 5.76 Å². The van der Waals surface area contributed by atoms with Crippen LogP contribution < -0.4 is 0 Å². The van der Waals surface area contributed by atoms with Gasteiger partial charge in [0.25, 0.3) is 5.91 Å². The zero-order valence-electron chi connectivity index (χ0n) is 12.2. The Morgan fingerprint density at radius 3 is 2.32 bits per heavy atom. The highest BCUT2D eigenvalue weighted by molar-refractivity contribution is 7.91. The number of rotatable bonds is 3. The molecule has 22 heavy (non-hydrogen) atoms. The Kier molecular flexibility index (Phi) is 5.12. The fourth-order valence-corrected chi connectivity index (χ4v) is 3.04. The van der Waals surface area contributed by atoms with Crippen LogP contribution in [0.15, 0.2) is 29.2 Å². The van der Waals surface area contributed by atoms with Gasteiger partial charge in [-0.1, -0.05) is 0 Å². The number of hydrogen-bond donors (Lipinski definition) is 0. The molecule has 0 bridgehead atoms. The van der Waals surface area contributed by atoms with Crippen LogP contribution in [0.5, 0.6) is 0 Å². The smallest absolute Gasteiger partial charge is 0.337 e. The van der Waals surface area contributed by atoms with E-state index < -0.39 is 20.5 Å². The van der Waals surface area contributed by atoms with Gasteiger partial charge in [0.1, 0.15) is 0 Å². The lowest BCUT2D eigenvalue weighted by Crippen LogP contribution is -2.34. The zero-order chi connectivity index (χ0) is 16.3. The maximum Gasteiger partial charge on any atom is 0.341 e. The van der Waals surface area contributed by atoms with E-state index in [2.05, 4.69) is 4.90 Å². The van der Waals surface area contributed by atoms with Crippen molar-refractivity contribution in [3.8, 4) is 0 Å². The lowest BCUT2D eigenvalue weighted by atomic mass is 10.2. The van der Waals surface area contributed by atoms with Gasteiger partial charge in [-0.15, -0.1) is 0 Å². The molecule has 1 aliphatic rings. The first kappa shape index (κ1) is 16.8. The van der Waals surface area contributed by atoms with E-state index in [-0.39, 0.29) is 5.91 Å². The van der Waals surface area contributed by atoms with Crippen LogP contribution >= 0.6 is 0 Å². The van der Waals surface area contributed by atoms with Crippen LogP contribution in [0.25, 0.3) is 0 Å². The van der Waals surface area contributed by atoms with Crippen LogP contribution in [-0.4, -0.2) is 63.1 Å². The van der Waals surface area contributed by atoms with Crippen LogP contribution in [0.3, 0.4) is 0 Å². The standard InChI is InChI=1S/C14H18F2N2O3S/c1-17-7-2-8-18(10-9-17)13(19)11-3-5-12(6-4-11)22(20,21)14(15)16/h3-6,14H,2,7-10H2,1H3. The molecule has 0 aliphatic carbocycles. The largest absolute Gasteiger partial charge is 0.341 e. The second-order valence-electron chi connectivity index (χ2n) is 5.28. The van der Waals surface area contributed by atoms with Crippen LogP contribution in [0.1, 0.15) is 16.8 Å². The van der Waals surface area contributed by atoms with Gasteiger partial charge in [-0.25, -0.2) is 8.42 Å². The Morgan fingerprint density at radius 2 is 1.73 bits per heavy atom. The summed E-state index contributed by atoms with van der Waals surface area (Å²) in [6, 6.07) is 4.68. The minimum Gasteiger partial charge on any atom is -0.337 e. The molecule has 0 unspecified atom stereocenters. The average molecular weight is 332 g/mol. The number of sulfone groups is 1. The first-order valence-electron chi connectivity index (χ1n) is 6.92. The lowest BCUT2D eigenvalue weighted by Gasteiger charge is -2.20. The molecule has 0 spiro atoms. The summed E-state index contributed by atoms with van der Waals surface area (Å²) in [7, 11) is -2.64. The predicted octanol–water partition coefficient (Wildman–Crippen LogP) is 1.46. The second kappa shape index (κ2) is 6.70. The molecule has 2 rings (SSSR count). The van der Waals surface area contributed by atoms with Gasteiger partial charge in [-0.3, -0.25) is 4.79 Å². The molecule has 1 amide bonds. The Hall–Kier alpha value is -1.54. The van der Waals surface area contributed by atoms with Gasteiger partial charge in [-0.05, 0) is 44.3 Å². The van der Waals surface area contributed by atoms with Crippen LogP contribution in [-0.2, 0) is 9.84 Å². The third-order valence-electron chi connectivity index (χ3n) is 3.67. The Labute approximate surface area is 128 Å². The zero-order valence-corrected chi connectivity index (χ0v) is 13.0. The summed E-state index contributed by atoms with van der Waals surface area (Å²) in [5, 5.41) is 0. The molecule has 1 fully saturated rings. The molecule has 0 saturated carbocycles. The van der Waals surface area contributed by atoms with Crippen molar-refractivity contribution in [2.24, 2.45) is 0 Å². The molecule has 8 heteroatoms. The molecule has 1 aromatic carbocycles. The number of amides is 1. The van der Waals surface area contributed by atoms with Crippen LogP contribution in [0.2, 0.25) is 0 Å². The number of carbonyl (C=O) groups excluding carboxylic acids is 1. The number of halogens is 2. The van der Waals surface area contributed by atoms with Crippen molar-refractivity contribution in [2.45, 2.75) is 17.1 Å². The maximum absolute atomic E-state index is 12.5. The molecule has 1 heterocycles. The molecular weight excluding hydrogens is 314 g/mol. The maximum atomic E-state index is 12.5. The van der Waals surface area contributed by atoms with Crippen molar-refractivity contribution < 1.29 is 22.0 Å². The fraction of sp³-hybridized carbons (Fsp3) is 0.500. The van der Waals surface area contributed by atoms with E-state index in [9.17, 15) is 22.0 Å². The number of hydrogen-bond acceptors (Lipinski definition) is 4. The third kappa shape index (κ3) is 3.61. The van der Waals surface area contributed by atoms with E-state index in [1.165, 1.54) is 12.1 Å². The SMILES string of the molecule is CN1CCCN(C(=O)c2ccc(S(=O)(=O)C(F)F)cc2)CC1. The van der Waals surface area contributed by atoms with Crippen molar-refractivity contribution in [2.75, 3.05) is 33.2 Å². The Bertz CT molecular complexity index is 632. The van der Waals surface area contributed by atoms with Crippen molar-refractivity contribution >= 4 is 15.7 Å². The normalized spacial score (nSPS) is 17.5. The highest BCUT2D eigenvalue weighted by Crippen LogP contribution is 2.19. The van der Waals surface area contributed by atoms with Crippen LogP contribution in [0.4, 0.5) is 8.78 Å². The van der Waals surface area contributed by atoms with Crippen molar-refractivity contribution in [1.29, 1.82) is 0 Å². The van der Waals surface area contributed by atoms with E-state index in [1.807, 2.05) is 7.05 Å². The lowest BCUT2D eigenvalue weighted by molar-refractivity contribution is 0.0762. The van der Waals surface area contributed by atoms with Gasteiger partial charge in [0, 0.05) is 25.2 Å². The number of nitrogens with zero attached hydrogens (tertiary/aromatic N) is 2. The molecular formula is C14H18F2N2O3S. The third-order valence-corrected chi connectivity index (χ3v) is 5.07. The van der Waals surface area contributed by atoms with Gasteiger partial charge in [-0.2, -0.15) is 8.78 Å². The molecule has 0 radical (unpaired) electrons. The molecule has 0 atom stereocenters. The van der Waals surface area contributed by atoms with Crippen LogP contribution in [0, 0.1) is 0 Å². The molecule has 1 saturated heterocycles. The van der Waals surface area contributed by atoms with Crippen molar-refractivity contribution in [3.05, 3.63) is 29.8 Å². The summed E-state index contributed by atoms with van der Waals surface area (Å²) in [4.78, 5) is 15.7. The monoisotopic (exact) mass is 332 g/mol. The summed E-state index contributed by atoms with van der Waals surface area (Å²) in [5.74, 6) is -3.67. The topological polar surface area (TPSA) is 57.7 Å². The molecule has 0 N–H and O–H groups in total. The number of benzene rings is 1. The number of carbonyl (C=O) groups is 1. The van der Waals surface area contributed by atoms with E-state index >= 15 is 0 Å². The first-order chi connectivity index (χ1) is 10.3. The quantitative estimate of drug-likeness (QED) is 0.841. The Morgan fingerprint density at radius 1 is 1.09 bits per heavy atom. The minimum absolute atomic E-state index is 0.212. The highest BCUT2D eigenvalue weighted by atomic mass is 32.2. The highest BCUT2D eigenvalue weighted by Gasteiger charge is 2.27. The second-order valence-corrected chi connectivity index (χ2v) is 7.20. The van der Waals surface area contributed by atoms with E-state index in [0.29, 0.717) is 18.7 Å². The van der Waals surface area contributed by atoms with Gasteiger partial charge in [0.15, 0.2) is 0 Å². The fourth-order valence-electron chi connectivity index (χ4n) is 2.32. The summed E-state index contributed by atoms with van der Waals surface area (Å²) >= 11 is 0. The average Bonchev–Trinajstić information content (AvgIpc) is 2.71. The van der Waals surface area contributed by atoms with Gasteiger partial charge in [0.2, 0.25) is 9.84 Å². The van der Waals surface area contributed by atoms with Crippen molar-refractivity contribution in [1.82, 2.24) is 9.80 Å². The molecule has 0 aromatic heterocycles. The summed E-state index contributed by atoms with van der Waals surface area (Å²) in [6.07, 6.45) is 0.861. The summed E-state index contributed by atoms with van der Waals surface area (Å²) in [5.41, 5.74) is 0.303. The Balaban J connectivity index is 2.15. The molecule has 5 nitrogen and oxygen atoms in total. The summed E-state index contributed by atoms with van der Waals surface area (Å²) in [6.45, 7) is 2.89. The van der Waals surface area contributed by atoms with Gasteiger partial charge in [0.05, 0.1) is 4.90 Å². The number of likely N-dealkylation sites (N-methyl/N-ethyl adjacent to an activating group) is 1. The molecule has 122 valence electrons. The van der Waals surface area contributed by atoms with Gasteiger partial charge < -0.3 is 9.80 Å². The number of alkyl halides is 2. The van der Waals surface area contributed by atoms with E-state index in [1.54, 1.807) is 4.90 Å². The predicted molar refractivity (Wildman–Crippen MR) is 77.6 cm³/mol. The molecule has 1 aromatic rings. The molecule has 1 aliphatic heterocycles. The van der Waals surface area contributed by atoms with Crippen molar-refractivity contribution in [3.63, 3.8) is 0 Å².